The molecule has 0 atom stereocenters. The number of nitrogens with one attached hydrogen (secondary N) is 1. The highest BCUT2D eigenvalue weighted by molar-refractivity contribution is 6.30. The number of methoxy groups -OCH3 is 1. The SMILES string of the molecule is COc1cc(Cl)ccc1C=CCCNC(C)=O. The van der Waals surface area contributed by atoms with Crippen molar-refractivity contribution in [3.05, 3.63) is 34.9 Å². The van der Waals surface area contributed by atoms with Crippen molar-refractivity contribution < 1.29 is 9.53 Å². The maximum absolute atomic E-state index is 10.6. The smallest absolute Gasteiger partial charge is 0.216 e. The van der Waals surface area contributed by atoms with Crippen LogP contribution in [0, 0.1) is 0 Å². The molecule has 0 unspecified atom stereocenters. The summed E-state index contributed by atoms with van der Waals surface area (Å²) in [5.41, 5.74) is 0.972. The van der Waals surface area contributed by atoms with Gasteiger partial charge in [0.1, 0.15) is 5.75 Å². The second-order valence-corrected chi connectivity index (χ2v) is 4.00. The van der Waals surface area contributed by atoms with E-state index in [0.717, 1.165) is 17.7 Å². The van der Waals surface area contributed by atoms with Crippen molar-refractivity contribution in [2.24, 2.45) is 0 Å². The molecule has 3 nitrogen and oxygen atoms in total. The Kier molecular flexibility index (Phi) is 5.57. The van der Waals surface area contributed by atoms with Crippen molar-refractivity contribution in [2.45, 2.75) is 13.3 Å². The van der Waals surface area contributed by atoms with Gasteiger partial charge in [-0.25, -0.2) is 0 Å². The second kappa shape index (κ2) is 6.97. The third-order valence-electron chi connectivity index (χ3n) is 2.18. The minimum atomic E-state index is -0.0116. The van der Waals surface area contributed by atoms with Crippen LogP contribution in [0.15, 0.2) is 24.3 Å². The quantitative estimate of drug-likeness (QED) is 0.820. The molecule has 0 fully saturated rings. The highest BCUT2D eigenvalue weighted by Gasteiger charge is 1.99. The Labute approximate surface area is 106 Å². The van der Waals surface area contributed by atoms with Gasteiger partial charge in [0, 0.05) is 24.1 Å². The van der Waals surface area contributed by atoms with Crippen LogP contribution >= 0.6 is 11.6 Å². The molecule has 1 amide bonds. The van der Waals surface area contributed by atoms with E-state index >= 15 is 0 Å². The summed E-state index contributed by atoms with van der Waals surface area (Å²) in [6.07, 6.45) is 4.73. The van der Waals surface area contributed by atoms with Gasteiger partial charge in [-0.1, -0.05) is 23.8 Å². The zero-order valence-electron chi connectivity index (χ0n) is 10.00. The van der Waals surface area contributed by atoms with E-state index in [2.05, 4.69) is 5.32 Å². The summed E-state index contributed by atoms with van der Waals surface area (Å²) in [5.74, 6) is 0.732. The Morgan fingerprint density at radius 3 is 2.94 bits per heavy atom. The van der Waals surface area contributed by atoms with E-state index in [9.17, 15) is 4.79 Å². The Bertz CT molecular complexity index is 416. The molecule has 0 heterocycles. The van der Waals surface area contributed by atoms with E-state index in [4.69, 9.17) is 16.3 Å². The lowest BCUT2D eigenvalue weighted by molar-refractivity contribution is -0.118. The standard InChI is InChI=1S/C13H16ClNO2/c1-10(16)15-8-4-3-5-11-6-7-12(14)9-13(11)17-2/h3,5-7,9H,4,8H2,1-2H3,(H,15,16). The van der Waals surface area contributed by atoms with Crippen LogP contribution in [0.4, 0.5) is 0 Å². The second-order valence-electron chi connectivity index (χ2n) is 3.56. The first-order chi connectivity index (χ1) is 8.13. The third kappa shape index (κ3) is 4.91. The number of amides is 1. The van der Waals surface area contributed by atoms with Crippen molar-refractivity contribution in [2.75, 3.05) is 13.7 Å². The maximum atomic E-state index is 10.6. The zero-order chi connectivity index (χ0) is 12.7. The van der Waals surface area contributed by atoms with E-state index in [1.165, 1.54) is 6.92 Å². The van der Waals surface area contributed by atoms with Crippen LogP contribution in [-0.2, 0) is 4.79 Å². The van der Waals surface area contributed by atoms with Gasteiger partial charge in [-0.3, -0.25) is 4.79 Å². The van der Waals surface area contributed by atoms with Gasteiger partial charge in [-0.05, 0) is 24.6 Å². The fourth-order valence-electron chi connectivity index (χ4n) is 1.36. The van der Waals surface area contributed by atoms with Crippen molar-refractivity contribution in [1.29, 1.82) is 0 Å². The first-order valence-corrected chi connectivity index (χ1v) is 5.76. The zero-order valence-corrected chi connectivity index (χ0v) is 10.8. The number of hydrogen-bond acceptors (Lipinski definition) is 2. The van der Waals surface area contributed by atoms with Gasteiger partial charge < -0.3 is 10.1 Å². The number of benzene rings is 1. The monoisotopic (exact) mass is 253 g/mol. The fourth-order valence-corrected chi connectivity index (χ4v) is 1.53. The maximum Gasteiger partial charge on any atom is 0.216 e. The summed E-state index contributed by atoms with van der Waals surface area (Å²) < 4.78 is 5.22. The largest absolute Gasteiger partial charge is 0.496 e. The molecular weight excluding hydrogens is 238 g/mol. The fraction of sp³-hybridized carbons (Fsp3) is 0.308. The molecule has 0 aliphatic carbocycles. The van der Waals surface area contributed by atoms with E-state index in [1.807, 2.05) is 24.3 Å². The molecule has 1 N–H and O–H groups in total. The Balaban J connectivity index is 2.55. The van der Waals surface area contributed by atoms with Crippen LogP contribution in [-0.4, -0.2) is 19.6 Å². The highest BCUT2D eigenvalue weighted by Crippen LogP contribution is 2.24. The Morgan fingerprint density at radius 2 is 2.29 bits per heavy atom. The molecule has 0 radical (unpaired) electrons. The Morgan fingerprint density at radius 1 is 1.53 bits per heavy atom. The number of carbonyl (C=O) groups is 1. The summed E-state index contributed by atoms with van der Waals surface area (Å²) >= 11 is 5.86. The number of hydrogen-bond donors (Lipinski definition) is 1. The van der Waals surface area contributed by atoms with Gasteiger partial charge in [0.15, 0.2) is 0 Å². The van der Waals surface area contributed by atoms with Crippen molar-refractivity contribution >= 4 is 23.6 Å². The molecule has 0 aliphatic heterocycles. The number of rotatable bonds is 5. The molecule has 0 bridgehead atoms. The molecule has 1 aromatic carbocycles. The number of halogens is 1. The lowest BCUT2D eigenvalue weighted by Gasteiger charge is -2.04. The minimum Gasteiger partial charge on any atom is -0.496 e. The molecule has 1 aromatic rings. The average Bonchev–Trinajstić information content (AvgIpc) is 2.29. The molecule has 1 rings (SSSR count). The van der Waals surface area contributed by atoms with Crippen LogP contribution in [0.5, 0.6) is 5.75 Å². The first kappa shape index (κ1) is 13.6. The summed E-state index contributed by atoms with van der Waals surface area (Å²) in [5, 5.41) is 3.38. The topological polar surface area (TPSA) is 38.3 Å². The lowest BCUT2D eigenvalue weighted by Crippen LogP contribution is -2.20. The van der Waals surface area contributed by atoms with Gasteiger partial charge in [0.2, 0.25) is 5.91 Å². The van der Waals surface area contributed by atoms with Gasteiger partial charge in [-0.2, -0.15) is 0 Å². The first-order valence-electron chi connectivity index (χ1n) is 5.38. The van der Waals surface area contributed by atoms with Crippen LogP contribution in [0.2, 0.25) is 5.02 Å². The molecule has 17 heavy (non-hydrogen) atoms. The lowest BCUT2D eigenvalue weighted by atomic mass is 10.1. The van der Waals surface area contributed by atoms with Crippen LogP contribution in [0.25, 0.3) is 6.08 Å². The Hall–Kier alpha value is -1.48. The number of carbonyl (C=O) groups excluding carboxylic acids is 1. The summed E-state index contributed by atoms with van der Waals surface area (Å²) in [6.45, 7) is 2.15. The van der Waals surface area contributed by atoms with Gasteiger partial charge in [0.05, 0.1) is 7.11 Å². The number of ether oxygens (including phenoxy) is 1. The van der Waals surface area contributed by atoms with Gasteiger partial charge in [0.25, 0.3) is 0 Å². The van der Waals surface area contributed by atoms with E-state index in [1.54, 1.807) is 13.2 Å². The third-order valence-corrected chi connectivity index (χ3v) is 2.41. The molecular formula is C13H16ClNO2. The van der Waals surface area contributed by atoms with Crippen molar-refractivity contribution in [3.63, 3.8) is 0 Å². The van der Waals surface area contributed by atoms with Gasteiger partial charge in [-0.15, -0.1) is 0 Å². The van der Waals surface area contributed by atoms with E-state index in [0.29, 0.717) is 11.6 Å². The molecule has 0 aliphatic rings. The molecule has 4 heteroatoms. The predicted molar refractivity (Wildman–Crippen MR) is 70.3 cm³/mol. The minimum absolute atomic E-state index is 0.0116. The van der Waals surface area contributed by atoms with Crippen molar-refractivity contribution in [3.8, 4) is 5.75 Å². The normalized spacial score (nSPS) is 10.5. The van der Waals surface area contributed by atoms with Gasteiger partial charge >= 0.3 is 0 Å². The summed E-state index contributed by atoms with van der Waals surface area (Å²) in [6, 6.07) is 5.49. The van der Waals surface area contributed by atoms with Crippen LogP contribution in [0.1, 0.15) is 18.9 Å². The average molecular weight is 254 g/mol. The molecule has 0 aromatic heterocycles. The predicted octanol–water partition coefficient (Wildman–Crippen LogP) is 2.89. The van der Waals surface area contributed by atoms with Crippen LogP contribution < -0.4 is 10.1 Å². The molecule has 92 valence electrons. The van der Waals surface area contributed by atoms with Crippen molar-refractivity contribution in [1.82, 2.24) is 5.32 Å². The van der Waals surface area contributed by atoms with E-state index in [-0.39, 0.29) is 5.91 Å². The van der Waals surface area contributed by atoms with E-state index < -0.39 is 0 Å². The molecule has 0 saturated carbocycles. The molecule has 0 spiro atoms. The molecule has 0 saturated heterocycles. The highest BCUT2D eigenvalue weighted by atomic mass is 35.5. The summed E-state index contributed by atoms with van der Waals surface area (Å²) in [4.78, 5) is 10.6. The van der Waals surface area contributed by atoms with Crippen LogP contribution in [0.3, 0.4) is 0 Å². The summed E-state index contributed by atoms with van der Waals surface area (Å²) in [7, 11) is 1.61.